The van der Waals surface area contributed by atoms with Gasteiger partial charge < -0.3 is 0 Å². The highest BCUT2D eigenvalue weighted by Gasteiger charge is 2.40. The van der Waals surface area contributed by atoms with Gasteiger partial charge in [-0.2, -0.15) is 5.06 Å². The molecule has 1 atom stereocenters. The summed E-state index contributed by atoms with van der Waals surface area (Å²) in [6.07, 6.45) is -3.02. The van der Waals surface area contributed by atoms with Gasteiger partial charge >= 0.3 is 0 Å². The van der Waals surface area contributed by atoms with Crippen LogP contribution >= 0.6 is 0 Å². The molecule has 1 rings (SSSR count). The summed E-state index contributed by atoms with van der Waals surface area (Å²) in [5, 5.41) is 8.29. The molecule has 5 nitrogen and oxygen atoms in total. The number of imide groups is 1. The Kier molecular flexibility index (Phi) is 1.02. The Morgan fingerprint density at radius 3 is 2.64 bits per heavy atom. The topological polar surface area (TPSA) is 74.7 Å². The number of nitrogens with zero attached hydrogens (tertiary/aromatic N) is 1. The van der Waals surface area contributed by atoms with Crippen molar-refractivity contribution in [3.63, 3.8) is 0 Å². The van der Waals surface area contributed by atoms with Crippen LogP contribution < -0.4 is 0 Å². The zero-order valence-corrected chi connectivity index (χ0v) is 5.62. The lowest BCUT2D eigenvalue weighted by Crippen LogP contribution is -2.28. The van der Waals surface area contributed by atoms with E-state index in [1.165, 1.54) is 0 Å². The van der Waals surface area contributed by atoms with Crippen molar-refractivity contribution in [1.82, 2.24) is 5.06 Å². The van der Waals surface area contributed by atoms with Crippen LogP contribution in [0.3, 0.4) is 0 Å². The van der Waals surface area contributed by atoms with Crippen molar-refractivity contribution in [3.8, 4) is 0 Å². The molecule has 1 aliphatic heterocycles. The molecular formula is C6H7NO4. The van der Waals surface area contributed by atoms with Crippen molar-refractivity contribution in [1.29, 1.82) is 0 Å². The first kappa shape index (κ1) is 4.61. The number of carbonyl (C=O) groups excluding carboxylic acids is 3. The molecule has 60 valence electrons. The molecule has 0 aromatic rings. The van der Waals surface area contributed by atoms with E-state index in [1.54, 1.807) is 0 Å². The average Bonchev–Trinajstić information content (AvgIpc) is 2.20. The maximum Gasteiger partial charge on any atom is 0.264 e. The van der Waals surface area contributed by atoms with Crippen LogP contribution in [0.25, 0.3) is 0 Å². The molecule has 0 aliphatic carbocycles. The second-order valence-electron chi connectivity index (χ2n) is 1.98. The lowest BCUT2D eigenvalue weighted by molar-refractivity contribution is -0.172. The first-order valence-electron chi connectivity index (χ1n) is 4.26. The van der Waals surface area contributed by atoms with Gasteiger partial charge in [-0.3, -0.25) is 19.6 Å². The molecule has 1 saturated heterocycles. The zero-order valence-electron chi connectivity index (χ0n) is 8.62. The predicted molar refractivity (Wildman–Crippen MR) is 32.4 cm³/mol. The van der Waals surface area contributed by atoms with Crippen molar-refractivity contribution in [2.45, 2.75) is 13.3 Å². The largest absolute Gasteiger partial charge is 0.299 e. The molecule has 1 heterocycles. The van der Waals surface area contributed by atoms with Gasteiger partial charge in [-0.25, -0.2) is 0 Å². The third-order valence-electron chi connectivity index (χ3n) is 1.18. The predicted octanol–water partition coefficient (Wildman–Crippen LogP) is -0.660. The highest BCUT2D eigenvalue weighted by molar-refractivity contribution is 6.12. The number of hydroxylamine groups is 2. The molecule has 1 N–H and O–H groups in total. The first-order chi connectivity index (χ1) is 6.17. The summed E-state index contributed by atoms with van der Waals surface area (Å²) in [5.41, 5.74) is 0. The third kappa shape index (κ3) is 1.14. The minimum absolute atomic E-state index is 0.519. The van der Waals surface area contributed by atoms with Crippen molar-refractivity contribution >= 4 is 17.6 Å². The Balaban J connectivity index is 3.39. The van der Waals surface area contributed by atoms with Gasteiger partial charge in [-0.05, 0) is 6.92 Å². The molecule has 2 amide bonds. The number of ketones is 1. The van der Waals surface area contributed by atoms with Crippen LogP contribution in [0.2, 0.25) is 0 Å². The van der Waals surface area contributed by atoms with E-state index in [0.717, 1.165) is 6.92 Å². The normalized spacial score (nSPS) is 39.8. The van der Waals surface area contributed by atoms with E-state index in [2.05, 4.69) is 0 Å². The van der Waals surface area contributed by atoms with Gasteiger partial charge in [0, 0.05) is 10.5 Å². The van der Waals surface area contributed by atoms with Gasteiger partial charge in [0.2, 0.25) is 0 Å². The molecule has 0 spiro atoms. The number of rotatable bonds is 1. The van der Waals surface area contributed by atoms with Gasteiger partial charge in [0.25, 0.3) is 11.8 Å². The maximum absolute atomic E-state index is 11.1. The van der Waals surface area contributed by atoms with Crippen LogP contribution in [0, 0.1) is 5.89 Å². The summed E-state index contributed by atoms with van der Waals surface area (Å²) in [4.78, 5) is 33.0. The van der Waals surface area contributed by atoms with Crippen LogP contribution in [-0.2, 0) is 14.4 Å². The van der Waals surface area contributed by atoms with Gasteiger partial charge in [-0.15, -0.1) is 0 Å². The van der Waals surface area contributed by atoms with Crippen LogP contribution in [0.4, 0.5) is 0 Å². The lowest BCUT2D eigenvalue weighted by atomic mass is 10.0. The average molecular weight is 160 g/mol. The van der Waals surface area contributed by atoms with Crippen LogP contribution in [0.5, 0.6) is 0 Å². The Morgan fingerprint density at radius 2 is 2.45 bits per heavy atom. The second kappa shape index (κ2) is 2.43. The van der Waals surface area contributed by atoms with Crippen LogP contribution in [-0.4, -0.2) is 27.9 Å². The summed E-state index contributed by atoms with van der Waals surface area (Å²) in [7, 11) is 0. The van der Waals surface area contributed by atoms with Gasteiger partial charge in [0.1, 0.15) is 11.7 Å². The number of amides is 2. The fourth-order valence-electron chi connectivity index (χ4n) is 0.650. The van der Waals surface area contributed by atoms with Gasteiger partial charge in [0.05, 0.1) is 0 Å². The summed E-state index contributed by atoms with van der Waals surface area (Å²) in [6, 6.07) is 0. The Morgan fingerprint density at radius 1 is 1.91 bits per heavy atom. The fourth-order valence-corrected chi connectivity index (χ4v) is 0.650. The third-order valence-corrected chi connectivity index (χ3v) is 1.18. The minimum Gasteiger partial charge on any atom is -0.299 e. The Bertz CT molecular complexity index is 342. The molecule has 0 bridgehead atoms. The highest BCUT2D eigenvalue weighted by Crippen LogP contribution is 2.17. The van der Waals surface area contributed by atoms with E-state index in [9.17, 15) is 14.4 Å². The highest BCUT2D eigenvalue weighted by atomic mass is 16.5. The number of hydrogen-bond donors (Lipinski definition) is 1. The van der Waals surface area contributed by atoms with Crippen molar-refractivity contribution in [3.05, 3.63) is 0 Å². The van der Waals surface area contributed by atoms with Crippen LogP contribution in [0.1, 0.15) is 17.4 Å². The smallest absolute Gasteiger partial charge is 0.264 e. The van der Waals surface area contributed by atoms with E-state index < -0.39 is 34.9 Å². The first-order valence-corrected chi connectivity index (χ1v) is 2.76. The van der Waals surface area contributed by atoms with Crippen molar-refractivity contribution < 1.29 is 23.7 Å². The molecule has 0 aromatic heterocycles. The quantitative estimate of drug-likeness (QED) is 0.314. The fraction of sp³-hybridized carbons (Fsp3) is 0.500. The Hall–Kier alpha value is -1.23. The monoisotopic (exact) mass is 160 g/mol. The molecule has 11 heavy (non-hydrogen) atoms. The van der Waals surface area contributed by atoms with Crippen LogP contribution in [0.15, 0.2) is 0 Å². The molecule has 0 aromatic carbocycles. The van der Waals surface area contributed by atoms with E-state index in [1.807, 2.05) is 0 Å². The SMILES string of the molecule is [2H]C1([2H])C(=O)N(O)C(=O)C1([2H])C(C)=O. The number of Topliss-reactive ketones (excluding diaryl/α,β-unsaturated/α-hetero) is 1. The van der Waals surface area contributed by atoms with Crippen molar-refractivity contribution in [2.75, 3.05) is 0 Å². The summed E-state index contributed by atoms with van der Waals surface area (Å²) < 4.78 is 21.6. The molecule has 0 radical (unpaired) electrons. The number of hydrogen-bond acceptors (Lipinski definition) is 4. The number of carbonyl (C=O) groups is 3. The Labute approximate surface area is 66.8 Å². The lowest BCUT2D eigenvalue weighted by Gasteiger charge is -2.02. The summed E-state index contributed by atoms with van der Waals surface area (Å²) >= 11 is 0. The second-order valence-corrected chi connectivity index (χ2v) is 1.98. The summed E-state index contributed by atoms with van der Waals surface area (Å²) in [5.74, 6) is -7.15. The molecule has 5 heteroatoms. The standard InChI is InChI=1S/C6H7NO4/c1-3(8)4-2-5(9)7(11)6(4)10/h4,11H,2H2,1H3/i2D2,4D. The van der Waals surface area contributed by atoms with E-state index in [4.69, 9.17) is 9.32 Å². The van der Waals surface area contributed by atoms with E-state index in [-0.39, 0.29) is 0 Å². The molecule has 1 aliphatic rings. The zero-order chi connectivity index (χ0) is 11.3. The molecular weight excluding hydrogens is 150 g/mol. The van der Waals surface area contributed by atoms with E-state index >= 15 is 0 Å². The van der Waals surface area contributed by atoms with Gasteiger partial charge in [0.15, 0.2) is 0 Å². The minimum atomic E-state index is -3.02. The van der Waals surface area contributed by atoms with Crippen molar-refractivity contribution in [2.24, 2.45) is 5.89 Å². The maximum atomic E-state index is 11.1. The molecule has 1 fully saturated rings. The molecule has 0 saturated carbocycles. The summed E-state index contributed by atoms with van der Waals surface area (Å²) in [6.45, 7) is 0.815. The molecule has 1 unspecified atom stereocenters. The van der Waals surface area contributed by atoms with E-state index in [0.29, 0.717) is 0 Å². The van der Waals surface area contributed by atoms with Gasteiger partial charge in [-0.1, -0.05) is 0 Å².